The molecule has 0 atom stereocenters. The maximum Gasteiger partial charge on any atom is 0.191 e. The average Bonchev–Trinajstić information content (AvgIpc) is 2.39. The molecule has 2 aromatic rings. The lowest BCUT2D eigenvalue weighted by atomic mass is 10.0. The number of rotatable bonds is 4. The van der Waals surface area contributed by atoms with Crippen molar-refractivity contribution in [3.05, 3.63) is 63.7 Å². The number of aryl methyl sites for hydroxylation is 3. The van der Waals surface area contributed by atoms with Crippen LogP contribution >= 0.6 is 11.6 Å². The largest absolute Gasteiger partial charge is 0.483 e. The number of ether oxygens (including phenoxy) is 1. The van der Waals surface area contributed by atoms with Gasteiger partial charge in [-0.1, -0.05) is 17.7 Å². The highest BCUT2D eigenvalue weighted by molar-refractivity contribution is 6.17. The molecule has 0 saturated carbocycles. The molecule has 0 heterocycles. The summed E-state index contributed by atoms with van der Waals surface area (Å²) in [7, 11) is 0. The first-order valence-corrected chi connectivity index (χ1v) is 7.19. The van der Waals surface area contributed by atoms with Gasteiger partial charge in [0.2, 0.25) is 0 Å². The predicted octanol–water partition coefficient (Wildman–Crippen LogP) is 5.21. The van der Waals surface area contributed by atoms with E-state index in [1.165, 1.54) is 12.1 Å². The number of hydrogen-bond acceptors (Lipinski definition) is 1. The quantitative estimate of drug-likeness (QED) is 0.705. The summed E-state index contributed by atoms with van der Waals surface area (Å²) in [4.78, 5) is 0. The number of hydrogen-bond donors (Lipinski definition) is 0. The van der Waals surface area contributed by atoms with Crippen molar-refractivity contribution in [1.82, 2.24) is 0 Å². The molecule has 0 saturated heterocycles. The van der Waals surface area contributed by atoms with Crippen LogP contribution in [0.4, 0.5) is 8.78 Å². The van der Waals surface area contributed by atoms with Crippen molar-refractivity contribution in [3.8, 4) is 5.75 Å². The fourth-order valence-electron chi connectivity index (χ4n) is 2.41. The zero-order valence-electron chi connectivity index (χ0n) is 12.3. The minimum atomic E-state index is -0.729. The van der Waals surface area contributed by atoms with Crippen LogP contribution in [-0.2, 0) is 12.5 Å². The van der Waals surface area contributed by atoms with Gasteiger partial charge in [-0.2, -0.15) is 0 Å². The summed E-state index contributed by atoms with van der Waals surface area (Å²) >= 11 is 5.58. The smallest absolute Gasteiger partial charge is 0.191 e. The van der Waals surface area contributed by atoms with Crippen molar-refractivity contribution >= 4 is 11.6 Å². The Morgan fingerprint density at radius 3 is 1.95 bits per heavy atom. The fraction of sp³-hybridized carbons (Fsp3) is 0.294. The maximum atomic E-state index is 13.8. The number of benzene rings is 2. The molecule has 112 valence electrons. The van der Waals surface area contributed by atoms with Crippen molar-refractivity contribution in [1.29, 1.82) is 0 Å². The molecule has 0 aliphatic carbocycles. The molecule has 0 bridgehead atoms. The first-order chi connectivity index (χ1) is 9.92. The SMILES string of the molecule is Cc1cc(C)c(COc2c(F)cc(CCl)cc2F)c(C)c1. The van der Waals surface area contributed by atoms with E-state index in [0.29, 0.717) is 5.56 Å². The molecule has 0 N–H and O–H groups in total. The molecule has 0 spiro atoms. The molecular weight excluding hydrogens is 294 g/mol. The van der Waals surface area contributed by atoms with E-state index in [4.69, 9.17) is 16.3 Å². The van der Waals surface area contributed by atoms with E-state index < -0.39 is 11.6 Å². The molecule has 4 heteroatoms. The van der Waals surface area contributed by atoms with Crippen molar-refractivity contribution in [2.75, 3.05) is 0 Å². The average molecular weight is 311 g/mol. The molecule has 0 amide bonds. The second-order valence-corrected chi connectivity index (χ2v) is 5.46. The number of alkyl halides is 1. The summed E-state index contributed by atoms with van der Waals surface area (Å²) in [6, 6.07) is 6.44. The summed E-state index contributed by atoms with van der Waals surface area (Å²) in [6.07, 6.45) is 0. The van der Waals surface area contributed by atoms with Gasteiger partial charge in [-0.3, -0.25) is 0 Å². The molecule has 0 unspecified atom stereocenters. The molecule has 0 radical (unpaired) electrons. The van der Waals surface area contributed by atoms with E-state index in [1.807, 2.05) is 32.9 Å². The summed E-state index contributed by atoms with van der Waals surface area (Å²) in [5.74, 6) is -1.76. The van der Waals surface area contributed by atoms with E-state index in [2.05, 4.69) is 0 Å². The monoisotopic (exact) mass is 310 g/mol. The van der Waals surface area contributed by atoms with Gasteiger partial charge in [0.05, 0.1) is 0 Å². The lowest BCUT2D eigenvalue weighted by Gasteiger charge is -2.14. The van der Waals surface area contributed by atoms with Crippen molar-refractivity contribution in [3.63, 3.8) is 0 Å². The van der Waals surface area contributed by atoms with Crippen LogP contribution in [0, 0.1) is 32.4 Å². The van der Waals surface area contributed by atoms with Crippen LogP contribution in [0.1, 0.15) is 27.8 Å². The standard InChI is InChI=1S/C17H17ClF2O/c1-10-4-11(2)14(12(3)5-10)9-21-17-15(19)6-13(8-18)7-16(17)20/h4-7H,8-9H2,1-3H3. The Hall–Kier alpha value is -1.61. The second kappa shape index (κ2) is 6.44. The summed E-state index contributed by atoms with van der Waals surface area (Å²) in [5.41, 5.74) is 4.58. The van der Waals surface area contributed by atoms with Gasteiger partial charge in [-0.15, -0.1) is 11.6 Å². The Kier molecular flexibility index (Phi) is 4.84. The van der Waals surface area contributed by atoms with E-state index >= 15 is 0 Å². The van der Waals surface area contributed by atoms with Crippen LogP contribution in [0.5, 0.6) is 5.75 Å². The second-order valence-electron chi connectivity index (χ2n) is 5.19. The van der Waals surface area contributed by atoms with Gasteiger partial charge in [0.1, 0.15) is 6.61 Å². The lowest BCUT2D eigenvalue weighted by Crippen LogP contribution is -2.04. The summed E-state index contributed by atoms with van der Waals surface area (Å²) in [5, 5.41) is 0. The predicted molar refractivity (Wildman–Crippen MR) is 80.9 cm³/mol. The lowest BCUT2D eigenvalue weighted by molar-refractivity contribution is 0.272. The zero-order chi connectivity index (χ0) is 15.6. The summed E-state index contributed by atoms with van der Waals surface area (Å²) < 4.78 is 33.0. The van der Waals surface area contributed by atoms with Gasteiger partial charge in [0, 0.05) is 5.88 Å². The molecule has 1 nitrogen and oxygen atoms in total. The van der Waals surface area contributed by atoms with Crippen molar-refractivity contribution in [2.45, 2.75) is 33.3 Å². The van der Waals surface area contributed by atoms with Gasteiger partial charge >= 0.3 is 0 Å². The Balaban J connectivity index is 2.25. The van der Waals surface area contributed by atoms with E-state index in [-0.39, 0.29) is 18.2 Å². The van der Waals surface area contributed by atoms with Gasteiger partial charge in [-0.05, 0) is 55.2 Å². The Bertz CT molecular complexity index is 622. The topological polar surface area (TPSA) is 9.23 Å². The third kappa shape index (κ3) is 3.53. The van der Waals surface area contributed by atoms with Crippen LogP contribution < -0.4 is 4.74 Å². The van der Waals surface area contributed by atoms with E-state index in [1.54, 1.807) is 0 Å². The Morgan fingerprint density at radius 2 is 1.48 bits per heavy atom. The molecule has 0 aromatic heterocycles. The minimum absolute atomic E-state index is 0.0598. The van der Waals surface area contributed by atoms with Gasteiger partial charge in [0.25, 0.3) is 0 Å². The van der Waals surface area contributed by atoms with E-state index in [0.717, 1.165) is 22.3 Å². The molecule has 2 aromatic carbocycles. The van der Waals surface area contributed by atoms with E-state index in [9.17, 15) is 8.78 Å². The molecule has 0 fully saturated rings. The molecule has 2 rings (SSSR count). The third-order valence-corrected chi connectivity index (χ3v) is 3.72. The van der Waals surface area contributed by atoms with Crippen LogP contribution in [0.2, 0.25) is 0 Å². The fourth-order valence-corrected chi connectivity index (χ4v) is 2.56. The van der Waals surface area contributed by atoms with Gasteiger partial charge in [-0.25, -0.2) is 8.78 Å². The molecule has 21 heavy (non-hydrogen) atoms. The first kappa shape index (κ1) is 15.8. The highest BCUT2D eigenvalue weighted by Crippen LogP contribution is 2.26. The van der Waals surface area contributed by atoms with Crippen molar-refractivity contribution < 1.29 is 13.5 Å². The molecular formula is C17H17ClF2O. The van der Waals surface area contributed by atoms with Crippen LogP contribution in [-0.4, -0.2) is 0 Å². The first-order valence-electron chi connectivity index (χ1n) is 6.65. The van der Waals surface area contributed by atoms with Crippen LogP contribution in [0.25, 0.3) is 0 Å². The van der Waals surface area contributed by atoms with Gasteiger partial charge in [0.15, 0.2) is 17.4 Å². The number of halogens is 3. The molecule has 0 aliphatic rings. The minimum Gasteiger partial charge on any atom is -0.483 e. The highest BCUT2D eigenvalue weighted by atomic mass is 35.5. The van der Waals surface area contributed by atoms with Crippen molar-refractivity contribution in [2.24, 2.45) is 0 Å². The third-order valence-electron chi connectivity index (χ3n) is 3.41. The van der Waals surface area contributed by atoms with Gasteiger partial charge < -0.3 is 4.74 Å². The molecule has 0 aliphatic heterocycles. The normalized spacial score (nSPS) is 10.8. The summed E-state index contributed by atoms with van der Waals surface area (Å²) in [6.45, 7) is 6.06. The van der Waals surface area contributed by atoms with Crippen LogP contribution in [0.3, 0.4) is 0 Å². The Labute approximate surface area is 128 Å². The highest BCUT2D eigenvalue weighted by Gasteiger charge is 2.14. The Morgan fingerprint density at radius 1 is 0.952 bits per heavy atom. The van der Waals surface area contributed by atoms with Crippen LogP contribution in [0.15, 0.2) is 24.3 Å². The maximum absolute atomic E-state index is 13.8. The zero-order valence-corrected chi connectivity index (χ0v) is 13.0.